The fraction of sp³-hybridized carbons (Fsp3) is 0.667. The molecule has 0 bridgehead atoms. The number of aryl methyl sites for hydroxylation is 1. The molecule has 1 aromatic rings. The average Bonchev–Trinajstić information content (AvgIpc) is 2.86. The number of rotatable bonds is 6. The van der Waals surface area contributed by atoms with Crippen LogP contribution in [0.5, 0.6) is 0 Å². The number of carbonyl (C=O) groups is 2. The van der Waals surface area contributed by atoms with Gasteiger partial charge in [0.15, 0.2) is 5.69 Å². The van der Waals surface area contributed by atoms with Crippen molar-refractivity contribution in [1.82, 2.24) is 10.5 Å². The molecule has 2 rings (SSSR count). The summed E-state index contributed by atoms with van der Waals surface area (Å²) in [6.45, 7) is 4.05. The Balaban J connectivity index is 1.98. The predicted molar refractivity (Wildman–Crippen MR) is 76.1 cm³/mol. The normalized spacial score (nSPS) is 15.6. The van der Waals surface area contributed by atoms with Crippen molar-refractivity contribution in [2.75, 3.05) is 6.54 Å². The Morgan fingerprint density at radius 1 is 1.33 bits per heavy atom. The molecule has 0 spiro atoms. The van der Waals surface area contributed by atoms with Crippen LogP contribution in [0, 0.1) is 11.8 Å². The lowest BCUT2D eigenvalue weighted by molar-refractivity contribution is -0.142. The van der Waals surface area contributed by atoms with E-state index >= 15 is 0 Å². The van der Waals surface area contributed by atoms with E-state index < -0.39 is 11.9 Å². The first-order valence-electron chi connectivity index (χ1n) is 7.47. The number of aromatic nitrogens is 1. The van der Waals surface area contributed by atoms with Crippen LogP contribution >= 0.6 is 0 Å². The van der Waals surface area contributed by atoms with Gasteiger partial charge >= 0.3 is 5.97 Å². The number of amides is 1. The van der Waals surface area contributed by atoms with Gasteiger partial charge in [0, 0.05) is 18.5 Å². The molecule has 1 unspecified atom stereocenters. The fourth-order valence-electron chi connectivity index (χ4n) is 2.70. The second kappa shape index (κ2) is 6.74. The second-order valence-corrected chi connectivity index (χ2v) is 6.01. The molecule has 0 fully saturated rings. The van der Waals surface area contributed by atoms with Crippen molar-refractivity contribution in [3.63, 3.8) is 0 Å². The molecule has 6 nitrogen and oxygen atoms in total. The van der Waals surface area contributed by atoms with Gasteiger partial charge in [-0.2, -0.15) is 0 Å². The highest BCUT2D eigenvalue weighted by atomic mass is 16.5. The third-order valence-corrected chi connectivity index (χ3v) is 3.78. The number of hydrogen-bond acceptors (Lipinski definition) is 4. The van der Waals surface area contributed by atoms with Crippen LogP contribution in [0.3, 0.4) is 0 Å². The molecule has 1 aromatic heterocycles. The summed E-state index contributed by atoms with van der Waals surface area (Å²) in [6, 6.07) is 0. The van der Waals surface area contributed by atoms with E-state index in [0.29, 0.717) is 12.1 Å². The van der Waals surface area contributed by atoms with Gasteiger partial charge in [0.2, 0.25) is 0 Å². The van der Waals surface area contributed by atoms with Crippen LogP contribution in [0.1, 0.15) is 54.9 Å². The van der Waals surface area contributed by atoms with E-state index in [1.54, 1.807) is 0 Å². The number of nitrogens with one attached hydrogen (secondary N) is 1. The van der Waals surface area contributed by atoms with Crippen LogP contribution in [0.2, 0.25) is 0 Å². The predicted octanol–water partition coefficient (Wildman–Crippen LogP) is 2.03. The first kappa shape index (κ1) is 15.5. The third-order valence-electron chi connectivity index (χ3n) is 3.78. The molecule has 1 aliphatic rings. The van der Waals surface area contributed by atoms with Crippen LogP contribution in [0.4, 0.5) is 0 Å². The van der Waals surface area contributed by atoms with Gasteiger partial charge < -0.3 is 14.9 Å². The molecule has 21 heavy (non-hydrogen) atoms. The van der Waals surface area contributed by atoms with E-state index in [1.807, 2.05) is 13.8 Å². The zero-order chi connectivity index (χ0) is 15.4. The Morgan fingerprint density at radius 3 is 2.71 bits per heavy atom. The monoisotopic (exact) mass is 294 g/mol. The molecule has 0 saturated carbocycles. The van der Waals surface area contributed by atoms with Crippen molar-refractivity contribution in [2.24, 2.45) is 11.8 Å². The van der Waals surface area contributed by atoms with Gasteiger partial charge in [-0.05, 0) is 31.6 Å². The Hall–Kier alpha value is -1.85. The molecule has 116 valence electrons. The highest BCUT2D eigenvalue weighted by Gasteiger charge is 2.25. The maximum Gasteiger partial charge on any atom is 0.308 e. The summed E-state index contributed by atoms with van der Waals surface area (Å²) in [4.78, 5) is 23.3. The van der Waals surface area contributed by atoms with Gasteiger partial charge in [-0.15, -0.1) is 0 Å². The number of fused-ring (bicyclic) bond motifs is 1. The molecule has 0 radical (unpaired) electrons. The maximum atomic E-state index is 12.2. The van der Waals surface area contributed by atoms with Crippen LogP contribution in [-0.2, 0) is 17.6 Å². The standard InChI is InChI=1S/C15H22N2O4/c1-9(2)7-10(15(19)20)8-16-14(18)13-11-5-3-4-6-12(11)21-17-13/h9-10H,3-8H2,1-2H3,(H,16,18)(H,19,20). The van der Waals surface area contributed by atoms with E-state index in [-0.39, 0.29) is 18.4 Å². The molecule has 6 heteroatoms. The van der Waals surface area contributed by atoms with Gasteiger partial charge in [0.05, 0.1) is 5.92 Å². The Kier molecular flexibility index (Phi) is 4.98. The van der Waals surface area contributed by atoms with Crippen molar-refractivity contribution in [2.45, 2.75) is 46.0 Å². The minimum absolute atomic E-state index is 0.119. The number of nitrogens with zero attached hydrogens (tertiary/aromatic N) is 1. The van der Waals surface area contributed by atoms with E-state index in [1.165, 1.54) is 0 Å². The highest BCUT2D eigenvalue weighted by molar-refractivity contribution is 5.94. The van der Waals surface area contributed by atoms with Crippen molar-refractivity contribution in [3.8, 4) is 0 Å². The topological polar surface area (TPSA) is 92.4 Å². The van der Waals surface area contributed by atoms with E-state index in [9.17, 15) is 14.7 Å². The largest absolute Gasteiger partial charge is 0.481 e. The third kappa shape index (κ3) is 3.83. The average molecular weight is 294 g/mol. The van der Waals surface area contributed by atoms with E-state index in [0.717, 1.165) is 37.0 Å². The van der Waals surface area contributed by atoms with Crippen molar-refractivity contribution >= 4 is 11.9 Å². The quantitative estimate of drug-likeness (QED) is 0.837. The summed E-state index contributed by atoms with van der Waals surface area (Å²) in [5.41, 5.74) is 1.20. The Labute approximate surface area is 123 Å². The molecule has 1 heterocycles. The van der Waals surface area contributed by atoms with E-state index in [2.05, 4.69) is 10.5 Å². The fourth-order valence-corrected chi connectivity index (χ4v) is 2.70. The Bertz CT molecular complexity index is 522. The first-order chi connectivity index (χ1) is 9.99. The van der Waals surface area contributed by atoms with Crippen LogP contribution < -0.4 is 5.32 Å². The molecule has 0 aromatic carbocycles. The van der Waals surface area contributed by atoms with Crippen molar-refractivity contribution < 1.29 is 19.2 Å². The van der Waals surface area contributed by atoms with Gasteiger partial charge in [0.1, 0.15) is 5.76 Å². The number of hydrogen-bond donors (Lipinski definition) is 2. The van der Waals surface area contributed by atoms with Crippen LogP contribution in [0.15, 0.2) is 4.52 Å². The summed E-state index contributed by atoms with van der Waals surface area (Å²) in [7, 11) is 0. The lowest BCUT2D eigenvalue weighted by Crippen LogP contribution is -2.34. The number of carboxylic acid groups (broad SMARTS) is 1. The molecule has 1 amide bonds. The second-order valence-electron chi connectivity index (χ2n) is 6.01. The summed E-state index contributed by atoms with van der Waals surface area (Å²) < 4.78 is 5.20. The zero-order valence-electron chi connectivity index (χ0n) is 12.5. The number of carbonyl (C=O) groups excluding carboxylic acids is 1. The molecule has 2 N–H and O–H groups in total. The number of aliphatic carboxylic acids is 1. The van der Waals surface area contributed by atoms with Gasteiger partial charge in [0.25, 0.3) is 5.91 Å². The van der Waals surface area contributed by atoms with Crippen molar-refractivity contribution in [1.29, 1.82) is 0 Å². The molecule has 0 saturated heterocycles. The zero-order valence-corrected chi connectivity index (χ0v) is 12.5. The number of carboxylic acids is 1. The summed E-state index contributed by atoms with van der Waals surface area (Å²) >= 11 is 0. The van der Waals surface area contributed by atoms with Gasteiger partial charge in [-0.1, -0.05) is 19.0 Å². The smallest absolute Gasteiger partial charge is 0.308 e. The summed E-state index contributed by atoms with van der Waals surface area (Å²) in [5, 5.41) is 15.7. The molecule has 1 aliphatic carbocycles. The van der Waals surface area contributed by atoms with Gasteiger partial charge in [-0.25, -0.2) is 0 Å². The maximum absolute atomic E-state index is 12.2. The molecule has 1 atom stereocenters. The minimum Gasteiger partial charge on any atom is -0.481 e. The first-order valence-corrected chi connectivity index (χ1v) is 7.47. The summed E-state index contributed by atoms with van der Waals surface area (Å²) in [6.07, 6.45) is 4.24. The van der Waals surface area contributed by atoms with E-state index in [4.69, 9.17) is 4.52 Å². The molecular formula is C15H22N2O4. The van der Waals surface area contributed by atoms with Crippen LogP contribution in [-0.4, -0.2) is 28.7 Å². The lowest BCUT2D eigenvalue weighted by Gasteiger charge is -2.15. The molecule has 0 aliphatic heterocycles. The minimum atomic E-state index is -0.883. The highest BCUT2D eigenvalue weighted by Crippen LogP contribution is 2.24. The SMILES string of the molecule is CC(C)CC(CNC(=O)c1noc2c1CCCC2)C(=O)O. The summed E-state index contributed by atoms with van der Waals surface area (Å²) in [5.74, 6) is -0.731. The molecular weight excluding hydrogens is 272 g/mol. The van der Waals surface area contributed by atoms with Gasteiger partial charge in [-0.3, -0.25) is 9.59 Å². The van der Waals surface area contributed by atoms with Crippen molar-refractivity contribution in [3.05, 3.63) is 17.0 Å². The Morgan fingerprint density at radius 2 is 2.05 bits per heavy atom. The lowest BCUT2D eigenvalue weighted by atomic mass is 9.95. The van der Waals surface area contributed by atoms with Crippen LogP contribution in [0.25, 0.3) is 0 Å².